The van der Waals surface area contributed by atoms with Gasteiger partial charge in [-0.15, -0.1) is 0 Å². The van der Waals surface area contributed by atoms with E-state index in [0.29, 0.717) is 0 Å². The molecule has 96 valence electrons. The van der Waals surface area contributed by atoms with Gasteiger partial charge in [-0.05, 0) is 43.8 Å². The molecule has 3 heteroatoms. The highest BCUT2D eigenvalue weighted by atomic mass is 32.2. The summed E-state index contributed by atoms with van der Waals surface area (Å²) in [6.45, 7) is 3.65. The third kappa shape index (κ3) is 2.10. The molecule has 1 aromatic carbocycles. The monoisotopic (exact) mass is 260 g/mol. The molecular weight excluding hydrogens is 240 g/mol. The fraction of sp³-hybridized carbons (Fsp3) is 0.533. The van der Waals surface area contributed by atoms with Gasteiger partial charge in [0.1, 0.15) is 0 Å². The number of para-hydroxylation sites is 1. The summed E-state index contributed by atoms with van der Waals surface area (Å²) in [5.41, 5.74) is 2.73. The number of aliphatic imine (C=N–C) groups is 1. The Balaban J connectivity index is 1.90. The molecule has 0 spiro atoms. The Morgan fingerprint density at radius 1 is 1.28 bits per heavy atom. The lowest BCUT2D eigenvalue weighted by Gasteiger charge is -2.31. The van der Waals surface area contributed by atoms with E-state index in [1.807, 2.05) is 11.8 Å². The molecule has 0 amide bonds. The predicted molar refractivity (Wildman–Crippen MR) is 80.3 cm³/mol. The number of thioether (sulfide) groups is 1. The first-order valence-corrected chi connectivity index (χ1v) is 8.09. The van der Waals surface area contributed by atoms with Crippen molar-refractivity contribution in [2.24, 2.45) is 4.99 Å². The number of nitrogens with zero attached hydrogens (tertiary/aromatic N) is 2. The van der Waals surface area contributed by atoms with Gasteiger partial charge >= 0.3 is 0 Å². The number of likely N-dealkylation sites (tertiary alicyclic amines) is 1. The number of hydrogen-bond acceptors (Lipinski definition) is 3. The maximum absolute atomic E-state index is 4.65. The van der Waals surface area contributed by atoms with E-state index < -0.39 is 0 Å². The molecule has 1 saturated heterocycles. The molecule has 18 heavy (non-hydrogen) atoms. The molecule has 1 fully saturated rings. The molecule has 2 aliphatic heterocycles. The minimum atomic E-state index is 0.139. The zero-order valence-corrected chi connectivity index (χ0v) is 11.7. The maximum Gasteiger partial charge on any atom is 0.0668 e. The Morgan fingerprint density at radius 3 is 2.83 bits per heavy atom. The highest BCUT2D eigenvalue weighted by Gasteiger charge is 2.37. The first kappa shape index (κ1) is 12.2. The van der Waals surface area contributed by atoms with E-state index in [1.54, 1.807) is 0 Å². The van der Waals surface area contributed by atoms with Gasteiger partial charge in [-0.2, -0.15) is 11.8 Å². The van der Waals surface area contributed by atoms with E-state index >= 15 is 0 Å². The third-order valence-corrected chi connectivity index (χ3v) is 4.80. The Kier molecular flexibility index (Phi) is 3.44. The summed E-state index contributed by atoms with van der Waals surface area (Å²) in [7, 11) is 0. The number of benzene rings is 1. The standard InChI is InChI=1S/C15H20N2S/c1-18-12-15(11-17-8-4-5-9-17)10-16-14-7-3-2-6-13(14)15/h2-3,6-7,10H,4-5,8-9,11-12H2,1H3. The van der Waals surface area contributed by atoms with Crippen LogP contribution in [-0.4, -0.2) is 42.8 Å². The van der Waals surface area contributed by atoms with Gasteiger partial charge in [0, 0.05) is 18.5 Å². The van der Waals surface area contributed by atoms with Crippen LogP contribution in [0.2, 0.25) is 0 Å². The fourth-order valence-electron chi connectivity index (χ4n) is 3.15. The van der Waals surface area contributed by atoms with Crippen LogP contribution in [0.25, 0.3) is 0 Å². The largest absolute Gasteiger partial charge is 0.302 e. The molecule has 0 aliphatic carbocycles. The van der Waals surface area contributed by atoms with Crippen LogP contribution in [0.3, 0.4) is 0 Å². The minimum Gasteiger partial charge on any atom is -0.302 e. The van der Waals surface area contributed by atoms with E-state index in [4.69, 9.17) is 0 Å². The van der Waals surface area contributed by atoms with E-state index in [-0.39, 0.29) is 5.41 Å². The molecule has 1 aromatic rings. The first-order valence-electron chi connectivity index (χ1n) is 6.70. The van der Waals surface area contributed by atoms with Crippen molar-refractivity contribution >= 4 is 23.7 Å². The van der Waals surface area contributed by atoms with Gasteiger partial charge < -0.3 is 4.90 Å². The van der Waals surface area contributed by atoms with Gasteiger partial charge in [0.2, 0.25) is 0 Å². The average molecular weight is 260 g/mol. The molecule has 3 rings (SSSR count). The van der Waals surface area contributed by atoms with E-state index in [2.05, 4.69) is 46.6 Å². The second kappa shape index (κ2) is 5.06. The summed E-state index contributed by atoms with van der Waals surface area (Å²) in [5.74, 6) is 1.13. The SMILES string of the molecule is CSCC1(CN2CCCC2)C=Nc2ccccc21. The third-order valence-electron chi connectivity index (χ3n) is 4.00. The van der Waals surface area contributed by atoms with Crippen molar-refractivity contribution < 1.29 is 0 Å². The highest BCUT2D eigenvalue weighted by Crippen LogP contribution is 2.39. The Bertz CT molecular complexity index is 452. The predicted octanol–water partition coefficient (Wildman–Crippen LogP) is 3.10. The fourth-order valence-corrected chi connectivity index (χ4v) is 3.99. The summed E-state index contributed by atoms with van der Waals surface area (Å²) in [5, 5.41) is 0. The molecule has 0 radical (unpaired) electrons. The van der Waals surface area contributed by atoms with E-state index in [0.717, 1.165) is 12.3 Å². The van der Waals surface area contributed by atoms with Gasteiger partial charge in [-0.3, -0.25) is 4.99 Å². The zero-order chi connectivity index (χ0) is 12.4. The van der Waals surface area contributed by atoms with Gasteiger partial charge in [0.25, 0.3) is 0 Å². The van der Waals surface area contributed by atoms with Crippen molar-refractivity contribution in [2.75, 3.05) is 31.6 Å². The summed E-state index contributed by atoms with van der Waals surface area (Å²) < 4.78 is 0. The van der Waals surface area contributed by atoms with Gasteiger partial charge in [0.15, 0.2) is 0 Å². The highest BCUT2D eigenvalue weighted by molar-refractivity contribution is 7.98. The zero-order valence-electron chi connectivity index (χ0n) is 10.9. The van der Waals surface area contributed by atoms with Crippen molar-refractivity contribution in [3.63, 3.8) is 0 Å². The van der Waals surface area contributed by atoms with Crippen molar-refractivity contribution in [2.45, 2.75) is 18.3 Å². The lowest BCUT2D eigenvalue weighted by atomic mass is 9.84. The van der Waals surface area contributed by atoms with Crippen LogP contribution in [0.15, 0.2) is 29.3 Å². The Labute approximate surface area is 113 Å². The van der Waals surface area contributed by atoms with Crippen LogP contribution in [0, 0.1) is 0 Å². The molecule has 2 aliphatic rings. The second-order valence-electron chi connectivity index (χ2n) is 5.35. The van der Waals surface area contributed by atoms with Gasteiger partial charge in [-0.1, -0.05) is 18.2 Å². The van der Waals surface area contributed by atoms with Gasteiger partial charge in [0.05, 0.1) is 11.1 Å². The van der Waals surface area contributed by atoms with Crippen LogP contribution in [0.1, 0.15) is 18.4 Å². The van der Waals surface area contributed by atoms with Crippen molar-refractivity contribution in [3.8, 4) is 0 Å². The second-order valence-corrected chi connectivity index (χ2v) is 6.21. The Morgan fingerprint density at radius 2 is 2.06 bits per heavy atom. The van der Waals surface area contributed by atoms with Crippen LogP contribution in [-0.2, 0) is 5.41 Å². The molecule has 0 bridgehead atoms. The van der Waals surface area contributed by atoms with E-state index in [1.165, 1.54) is 37.2 Å². The molecule has 1 atom stereocenters. The molecule has 0 N–H and O–H groups in total. The van der Waals surface area contributed by atoms with Crippen LogP contribution < -0.4 is 0 Å². The number of rotatable bonds is 4. The quantitative estimate of drug-likeness (QED) is 0.826. The summed E-state index contributed by atoms with van der Waals surface area (Å²) in [6, 6.07) is 8.63. The topological polar surface area (TPSA) is 15.6 Å². The maximum atomic E-state index is 4.65. The van der Waals surface area contributed by atoms with Gasteiger partial charge in [-0.25, -0.2) is 0 Å². The van der Waals surface area contributed by atoms with Crippen molar-refractivity contribution in [1.29, 1.82) is 0 Å². The van der Waals surface area contributed by atoms with Crippen LogP contribution in [0.4, 0.5) is 5.69 Å². The first-order chi connectivity index (χ1) is 8.84. The average Bonchev–Trinajstić information content (AvgIpc) is 3.00. The summed E-state index contributed by atoms with van der Waals surface area (Å²) in [4.78, 5) is 7.25. The summed E-state index contributed by atoms with van der Waals surface area (Å²) >= 11 is 1.93. The number of fused-ring (bicyclic) bond motifs is 1. The molecular formula is C15H20N2S. The molecule has 2 heterocycles. The van der Waals surface area contributed by atoms with E-state index in [9.17, 15) is 0 Å². The van der Waals surface area contributed by atoms with Crippen molar-refractivity contribution in [1.82, 2.24) is 4.90 Å². The normalized spacial score (nSPS) is 26.7. The minimum absolute atomic E-state index is 0.139. The smallest absolute Gasteiger partial charge is 0.0668 e. The molecule has 1 unspecified atom stereocenters. The van der Waals surface area contributed by atoms with Crippen LogP contribution in [0.5, 0.6) is 0 Å². The Hall–Kier alpha value is -0.800. The molecule has 2 nitrogen and oxygen atoms in total. The lowest BCUT2D eigenvalue weighted by molar-refractivity contribution is 0.303. The van der Waals surface area contributed by atoms with Crippen LogP contribution >= 0.6 is 11.8 Å². The molecule has 0 saturated carbocycles. The summed E-state index contributed by atoms with van der Waals surface area (Å²) in [6.07, 6.45) is 7.11. The van der Waals surface area contributed by atoms with Crippen molar-refractivity contribution in [3.05, 3.63) is 29.8 Å². The number of hydrogen-bond donors (Lipinski definition) is 0. The lowest BCUT2D eigenvalue weighted by Crippen LogP contribution is -2.41. The molecule has 0 aromatic heterocycles.